The monoisotopic (exact) mass is 505 g/mol. The minimum Gasteiger partial charge on any atom is -0.496 e. The zero-order valence-electron chi connectivity index (χ0n) is 21.5. The van der Waals surface area contributed by atoms with E-state index in [1.807, 2.05) is 36.5 Å². The van der Waals surface area contributed by atoms with Crippen molar-refractivity contribution in [2.45, 2.75) is 38.0 Å². The van der Waals surface area contributed by atoms with Crippen LogP contribution in [0.15, 0.2) is 59.6 Å². The number of aliphatic imine (C=N–C) groups is 1. The van der Waals surface area contributed by atoms with E-state index in [4.69, 9.17) is 9.47 Å². The molecule has 0 saturated carbocycles. The van der Waals surface area contributed by atoms with Crippen molar-refractivity contribution in [1.82, 2.24) is 15.5 Å². The van der Waals surface area contributed by atoms with Crippen molar-refractivity contribution in [2.24, 2.45) is 4.99 Å². The van der Waals surface area contributed by atoms with E-state index in [0.717, 1.165) is 18.4 Å². The maximum atomic E-state index is 13.0. The minimum absolute atomic E-state index is 0.176. The Bertz CT molecular complexity index is 1110. The topological polar surface area (TPSA) is 116 Å². The summed E-state index contributed by atoms with van der Waals surface area (Å²) in [6.45, 7) is 4.44. The van der Waals surface area contributed by atoms with Crippen molar-refractivity contribution < 1.29 is 19.1 Å². The highest BCUT2D eigenvalue weighted by Crippen LogP contribution is 2.35. The summed E-state index contributed by atoms with van der Waals surface area (Å²) in [5, 5.41) is 15.6. The zero-order chi connectivity index (χ0) is 26.5. The highest BCUT2D eigenvalue weighted by Gasteiger charge is 2.37. The predicted octanol–water partition coefficient (Wildman–Crippen LogP) is 3.23. The molecule has 9 heteroatoms. The number of rotatable bonds is 10. The maximum absolute atomic E-state index is 13.0. The molecule has 37 heavy (non-hydrogen) atoms. The quantitative estimate of drug-likeness (QED) is 0.167. The van der Waals surface area contributed by atoms with Gasteiger partial charge in [-0.05, 0) is 43.9 Å². The van der Waals surface area contributed by atoms with Crippen LogP contribution in [-0.4, -0.2) is 62.6 Å². The lowest BCUT2D eigenvalue weighted by molar-refractivity contribution is -0.143. The molecule has 0 atom stereocenters. The summed E-state index contributed by atoms with van der Waals surface area (Å²) in [6, 6.07) is 17.4. The molecule has 1 saturated heterocycles. The number of nitrogens with one attached hydrogen (secondary N) is 2. The van der Waals surface area contributed by atoms with E-state index in [1.165, 1.54) is 0 Å². The van der Waals surface area contributed by atoms with Crippen LogP contribution in [0.4, 0.5) is 0 Å². The van der Waals surface area contributed by atoms with Crippen LogP contribution >= 0.6 is 0 Å². The number of likely N-dealkylation sites (tertiary alicyclic amines) is 1. The van der Waals surface area contributed by atoms with Crippen molar-refractivity contribution in [3.05, 3.63) is 65.7 Å². The van der Waals surface area contributed by atoms with Gasteiger partial charge in [0.05, 0.1) is 19.3 Å². The second-order valence-corrected chi connectivity index (χ2v) is 8.89. The van der Waals surface area contributed by atoms with Gasteiger partial charge < -0.3 is 25.0 Å². The van der Waals surface area contributed by atoms with Crippen molar-refractivity contribution in [3.8, 4) is 11.9 Å². The molecule has 0 aromatic heterocycles. The van der Waals surface area contributed by atoms with Gasteiger partial charge in [0.1, 0.15) is 5.75 Å². The molecule has 3 rings (SSSR count). The van der Waals surface area contributed by atoms with Crippen molar-refractivity contribution in [2.75, 3.05) is 39.9 Å². The number of esters is 1. The van der Waals surface area contributed by atoms with Gasteiger partial charge in [0.2, 0.25) is 12.2 Å². The van der Waals surface area contributed by atoms with Gasteiger partial charge in [-0.1, -0.05) is 42.5 Å². The van der Waals surface area contributed by atoms with Crippen molar-refractivity contribution in [3.63, 3.8) is 0 Å². The van der Waals surface area contributed by atoms with Crippen LogP contribution in [0.2, 0.25) is 0 Å². The summed E-state index contributed by atoms with van der Waals surface area (Å²) >= 11 is 0. The van der Waals surface area contributed by atoms with Gasteiger partial charge >= 0.3 is 5.97 Å². The van der Waals surface area contributed by atoms with E-state index in [0.29, 0.717) is 62.9 Å². The largest absolute Gasteiger partial charge is 0.496 e. The third kappa shape index (κ3) is 7.46. The fourth-order valence-electron chi connectivity index (χ4n) is 4.62. The molecule has 2 aromatic rings. The lowest BCUT2D eigenvalue weighted by Gasteiger charge is -2.43. The molecule has 2 N–H and O–H groups in total. The van der Waals surface area contributed by atoms with Crippen LogP contribution < -0.4 is 15.4 Å². The summed E-state index contributed by atoms with van der Waals surface area (Å²) in [7, 11) is 1.55. The number of piperidine rings is 1. The third-order valence-electron chi connectivity index (χ3n) is 6.65. The first-order chi connectivity index (χ1) is 18.0. The molecule has 1 heterocycles. The van der Waals surface area contributed by atoms with Gasteiger partial charge in [0.25, 0.3) is 5.91 Å². The number of hydrogen-bond acceptors (Lipinski definition) is 6. The van der Waals surface area contributed by atoms with E-state index >= 15 is 0 Å². The summed E-state index contributed by atoms with van der Waals surface area (Å²) in [5.74, 6) is 0.634. The zero-order valence-corrected chi connectivity index (χ0v) is 21.5. The van der Waals surface area contributed by atoms with Crippen LogP contribution in [0.3, 0.4) is 0 Å². The van der Waals surface area contributed by atoms with Gasteiger partial charge in [-0.25, -0.2) is 0 Å². The molecule has 1 fully saturated rings. The van der Waals surface area contributed by atoms with Crippen LogP contribution in [0.5, 0.6) is 5.75 Å². The number of nitrogens with zero attached hydrogens (tertiary/aromatic N) is 3. The first-order valence-electron chi connectivity index (χ1n) is 12.6. The normalized spacial score (nSPS) is 14.8. The fraction of sp³-hybridized carbons (Fsp3) is 0.429. The molecule has 9 nitrogen and oxygen atoms in total. The number of carbonyl (C=O) groups excluding carboxylic acids is 2. The SMILES string of the molecule is CCOC(=O)CCCN/C(=N/C#N)N1CCC(CNC(=O)c2ccccc2OC)(c2ccccc2)CC1. The highest BCUT2D eigenvalue weighted by atomic mass is 16.5. The lowest BCUT2D eigenvalue weighted by Crippen LogP contribution is -2.53. The first kappa shape index (κ1) is 27.5. The molecule has 0 spiro atoms. The minimum atomic E-state index is -0.267. The van der Waals surface area contributed by atoms with E-state index in [9.17, 15) is 14.9 Å². The van der Waals surface area contributed by atoms with Crippen LogP contribution in [0.1, 0.15) is 48.5 Å². The van der Waals surface area contributed by atoms with E-state index in [2.05, 4.69) is 32.7 Å². The first-order valence-corrected chi connectivity index (χ1v) is 12.6. The molecule has 1 amide bonds. The third-order valence-corrected chi connectivity index (χ3v) is 6.65. The number of nitriles is 1. The van der Waals surface area contributed by atoms with Gasteiger partial charge in [0.15, 0.2) is 0 Å². The Morgan fingerprint density at radius 2 is 1.78 bits per heavy atom. The van der Waals surface area contributed by atoms with Crippen LogP contribution in [0.25, 0.3) is 0 Å². The van der Waals surface area contributed by atoms with Gasteiger partial charge in [-0.3, -0.25) is 9.59 Å². The standard InChI is InChI=1S/C28H35N5O4/c1-3-37-25(34)14-9-17-30-27(32-21-29)33-18-15-28(16-19-33,22-10-5-4-6-11-22)20-31-26(35)23-12-7-8-13-24(23)36-2/h4-8,10-13H,3,9,14-20H2,1-2H3,(H,30,32)(H,31,35). The summed E-state index contributed by atoms with van der Waals surface area (Å²) in [6.07, 6.45) is 4.30. The molecule has 0 bridgehead atoms. The predicted molar refractivity (Wildman–Crippen MR) is 141 cm³/mol. The van der Waals surface area contributed by atoms with Crippen molar-refractivity contribution in [1.29, 1.82) is 5.26 Å². The number of ether oxygens (including phenoxy) is 2. The smallest absolute Gasteiger partial charge is 0.305 e. The molecular weight excluding hydrogens is 470 g/mol. The van der Waals surface area contributed by atoms with Crippen LogP contribution in [-0.2, 0) is 14.9 Å². The Morgan fingerprint density at radius 1 is 1.08 bits per heavy atom. The number of para-hydroxylation sites is 1. The summed E-state index contributed by atoms with van der Waals surface area (Å²) in [5.41, 5.74) is 1.40. The van der Waals surface area contributed by atoms with Crippen molar-refractivity contribution >= 4 is 17.8 Å². The highest BCUT2D eigenvalue weighted by molar-refractivity contribution is 5.97. The Kier molecular flexibility index (Phi) is 10.3. The number of benzene rings is 2. The molecule has 2 aromatic carbocycles. The van der Waals surface area contributed by atoms with Gasteiger partial charge in [0, 0.05) is 38.0 Å². The fourth-order valence-corrected chi connectivity index (χ4v) is 4.62. The van der Waals surface area contributed by atoms with E-state index in [-0.39, 0.29) is 17.3 Å². The van der Waals surface area contributed by atoms with E-state index in [1.54, 1.807) is 26.2 Å². The Labute approximate surface area is 218 Å². The Morgan fingerprint density at radius 3 is 2.46 bits per heavy atom. The molecule has 0 aliphatic carbocycles. The lowest BCUT2D eigenvalue weighted by atomic mass is 9.72. The van der Waals surface area contributed by atoms with Gasteiger partial charge in [-0.2, -0.15) is 5.26 Å². The summed E-state index contributed by atoms with van der Waals surface area (Å²) < 4.78 is 10.3. The van der Waals surface area contributed by atoms with E-state index < -0.39 is 0 Å². The average molecular weight is 506 g/mol. The molecule has 196 valence electrons. The Balaban J connectivity index is 1.67. The average Bonchev–Trinajstić information content (AvgIpc) is 2.94. The molecule has 0 radical (unpaired) electrons. The van der Waals surface area contributed by atoms with Gasteiger partial charge in [-0.15, -0.1) is 4.99 Å². The molecule has 1 aliphatic rings. The number of hydrogen-bond donors (Lipinski definition) is 2. The van der Waals surface area contributed by atoms with Crippen LogP contribution in [0, 0.1) is 11.5 Å². The number of amides is 1. The number of methoxy groups -OCH3 is 1. The second kappa shape index (κ2) is 13.9. The number of carbonyl (C=O) groups is 2. The Hall–Kier alpha value is -4.06. The molecule has 0 unspecified atom stereocenters. The molecular formula is C28H35N5O4. The number of guanidine groups is 1. The second-order valence-electron chi connectivity index (χ2n) is 8.89. The summed E-state index contributed by atoms with van der Waals surface area (Å²) in [4.78, 5) is 30.7. The molecule has 1 aliphatic heterocycles. The maximum Gasteiger partial charge on any atom is 0.305 e.